The minimum Gasteiger partial charge on any atom is -0.481 e. The van der Waals surface area contributed by atoms with Crippen LogP contribution in [0.15, 0.2) is 24.3 Å². The monoisotopic (exact) mass is 384 g/mol. The zero-order valence-electron chi connectivity index (χ0n) is 17.0. The number of likely N-dealkylation sites (tertiary alicyclic amines) is 1. The molecule has 2 heterocycles. The number of carboxylic acids is 1. The molecule has 1 aliphatic rings. The van der Waals surface area contributed by atoms with Crippen molar-refractivity contribution in [2.24, 2.45) is 5.41 Å². The Hall–Kier alpha value is -2.70. The Morgan fingerprint density at radius 1 is 1.32 bits per heavy atom. The number of rotatable bonds is 6. The van der Waals surface area contributed by atoms with Crippen molar-refractivity contribution in [2.45, 2.75) is 52.9 Å². The van der Waals surface area contributed by atoms with Crippen LogP contribution in [0.3, 0.4) is 0 Å². The molecule has 0 radical (unpaired) electrons. The number of carbonyl (C=O) groups excluding carboxylic acids is 1. The minimum atomic E-state index is -0.901. The Morgan fingerprint density at radius 3 is 2.68 bits per heavy atom. The lowest BCUT2D eigenvalue weighted by Gasteiger charge is -2.19. The van der Waals surface area contributed by atoms with E-state index in [1.54, 1.807) is 16.5 Å². The molecule has 7 heteroatoms. The molecule has 28 heavy (non-hydrogen) atoms. The molecule has 1 fully saturated rings. The summed E-state index contributed by atoms with van der Waals surface area (Å²) in [5.41, 5.74) is 2.28. The van der Waals surface area contributed by atoms with E-state index < -0.39 is 11.4 Å². The highest BCUT2D eigenvalue weighted by Gasteiger charge is 2.43. The molecule has 1 atom stereocenters. The smallest absolute Gasteiger partial charge is 0.311 e. The molecule has 7 nitrogen and oxygen atoms in total. The van der Waals surface area contributed by atoms with Gasteiger partial charge in [-0.2, -0.15) is 0 Å². The van der Waals surface area contributed by atoms with Crippen molar-refractivity contribution in [3.8, 4) is 5.69 Å². The molecule has 0 saturated carbocycles. The van der Waals surface area contributed by atoms with E-state index in [4.69, 9.17) is 0 Å². The first-order chi connectivity index (χ1) is 13.3. The van der Waals surface area contributed by atoms with E-state index in [0.29, 0.717) is 31.0 Å². The van der Waals surface area contributed by atoms with Crippen LogP contribution < -0.4 is 0 Å². The van der Waals surface area contributed by atoms with Gasteiger partial charge in [-0.1, -0.05) is 44.5 Å². The minimum absolute atomic E-state index is 0.197. The fourth-order valence-corrected chi connectivity index (χ4v) is 3.61. The molecular weight excluding hydrogens is 356 g/mol. The van der Waals surface area contributed by atoms with Crippen molar-refractivity contribution >= 4 is 11.9 Å². The first-order valence-electron chi connectivity index (χ1n) is 9.84. The van der Waals surface area contributed by atoms with Crippen molar-refractivity contribution in [3.05, 3.63) is 41.2 Å². The third-order valence-electron chi connectivity index (χ3n) is 5.51. The van der Waals surface area contributed by atoms with E-state index in [2.05, 4.69) is 36.3 Å². The van der Waals surface area contributed by atoms with E-state index in [1.807, 2.05) is 19.1 Å². The molecule has 0 aliphatic carbocycles. The van der Waals surface area contributed by atoms with Gasteiger partial charge in [0.05, 0.1) is 16.8 Å². The molecular formula is C21H28N4O3. The van der Waals surface area contributed by atoms with Crippen molar-refractivity contribution in [1.82, 2.24) is 19.9 Å². The molecule has 0 bridgehead atoms. The third-order valence-corrected chi connectivity index (χ3v) is 5.51. The molecule has 0 spiro atoms. The SMILES string of the molecule is CCCc1c(C(=O)N2CCC(C)(C(=O)O)C2)nnn1-c1cccc(C(C)C)c1. The maximum atomic E-state index is 13.1. The number of hydrogen-bond acceptors (Lipinski definition) is 4. The van der Waals surface area contributed by atoms with E-state index in [0.717, 1.165) is 17.8 Å². The van der Waals surface area contributed by atoms with Crippen LogP contribution in [0.2, 0.25) is 0 Å². The van der Waals surface area contributed by atoms with Gasteiger partial charge in [-0.3, -0.25) is 9.59 Å². The van der Waals surface area contributed by atoms with Gasteiger partial charge in [0.1, 0.15) is 0 Å². The Bertz CT molecular complexity index is 890. The summed E-state index contributed by atoms with van der Waals surface area (Å²) in [5, 5.41) is 17.9. The highest BCUT2D eigenvalue weighted by atomic mass is 16.4. The van der Waals surface area contributed by atoms with Gasteiger partial charge in [0, 0.05) is 13.1 Å². The molecule has 150 valence electrons. The zero-order chi connectivity index (χ0) is 20.5. The van der Waals surface area contributed by atoms with Crippen LogP contribution >= 0.6 is 0 Å². The van der Waals surface area contributed by atoms with Crippen LogP contribution in [0.1, 0.15) is 68.2 Å². The first-order valence-corrected chi connectivity index (χ1v) is 9.84. The van der Waals surface area contributed by atoms with E-state index in [-0.39, 0.29) is 12.5 Å². The highest BCUT2D eigenvalue weighted by Crippen LogP contribution is 2.31. The van der Waals surface area contributed by atoms with Gasteiger partial charge >= 0.3 is 5.97 Å². The number of carboxylic acid groups (broad SMARTS) is 1. The van der Waals surface area contributed by atoms with Gasteiger partial charge in [0.25, 0.3) is 5.91 Å². The molecule has 1 aliphatic heterocycles. The van der Waals surface area contributed by atoms with Crippen LogP contribution in [0.5, 0.6) is 0 Å². The molecule has 1 aromatic heterocycles. The Balaban J connectivity index is 1.94. The van der Waals surface area contributed by atoms with E-state index in [9.17, 15) is 14.7 Å². The average Bonchev–Trinajstić information content (AvgIpc) is 3.26. The highest BCUT2D eigenvalue weighted by molar-refractivity contribution is 5.94. The van der Waals surface area contributed by atoms with Gasteiger partial charge in [0.15, 0.2) is 5.69 Å². The summed E-state index contributed by atoms with van der Waals surface area (Å²) in [6, 6.07) is 8.10. The third kappa shape index (κ3) is 3.66. The number of aromatic nitrogens is 3. The van der Waals surface area contributed by atoms with Gasteiger partial charge in [0.2, 0.25) is 0 Å². The van der Waals surface area contributed by atoms with Crippen LogP contribution in [0.4, 0.5) is 0 Å². The molecule has 1 unspecified atom stereocenters. The fourth-order valence-electron chi connectivity index (χ4n) is 3.61. The van der Waals surface area contributed by atoms with E-state index >= 15 is 0 Å². The van der Waals surface area contributed by atoms with Crippen LogP contribution in [-0.4, -0.2) is 50.0 Å². The van der Waals surface area contributed by atoms with Crippen molar-refractivity contribution in [3.63, 3.8) is 0 Å². The normalized spacial score (nSPS) is 19.4. The lowest BCUT2D eigenvalue weighted by atomic mass is 9.90. The van der Waals surface area contributed by atoms with Crippen molar-refractivity contribution < 1.29 is 14.7 Å². The first kappa shape index (κ1) is 20.0. The lowest BCUT2D eigenvalue weighted by molar-refractivity contribution is -0.147. The maximum absolute atomic E-state index is 13.1. The molecule has 1 N–H and O–H groups in total. The zero-order valence-corrected chi connectivity index (χ0v) is 17.0. The van der Waals surface area contributed by atoms with Crippen LogP contribution in [0, 0.1) is 5.41 Å². The summed E-state index contributed by atoms with van der Waals surface area (Å²) >= 11 is 0. The number of aliphatic carboxylic acids is 1. The van der Waals surface area contributed by atoms with Crippen LogP contribution in [-0.2, 0) is 11.2 Å². The molecule has 1 aromatic carbocycles. The number of benzene rings is 1. The van der Waals surface area contributed by atoms with E-state index in [1.165, 1.54) is 5.56 Å². The summed E-state index contributed by atoms with van der Waals surface area (Å²) in [5.74, 6) is -0.720. The Morgan fingerprint density at radius 2 is 2.07 bits per heavy atom. The largest absolute Gasteiger partial charge is 0.481 e. The standard InChI is InChI=1S/C21H28N4O3/c1-5-7-17-18(19(26)24-11-10-21(4,13-24)20(27)28)22-23-25(17)16-9-6-8-15(12-16)14(2)3/h6,8-9,12,14H,5,7,10-11,13H2,1-4H3,(H,27,28). The number of amides is 1. The summed E-state index contributed by atoms with van der Waals surface area (Å²) < 4.78 is 1.75. The summed E-state index contributed by atoms with van der Waals surface area (Å²) in [6.45, 7) is 8.62. The summed E-state index contributed by atoms with van der Waals surface area (Å²) in [4.78, 5) is 26.2. The van der Waals surface area contributed by atoms with Gasteiger partial charge in [-0.25, -0.2) is 4.68 Å². The predicted molar refractivity (Wildman–Crippen MR) is 106 cm³/mol. The fraction of sp³-hybridized carbons (Fsp3) is 0.524. The summed E-state index contributed by atoms with van der Waals surface area (Å²) in [7, 11) is 0. The van der Waals surface area contributed by atoms with Crippen LogP contribution in [0.25, 0.3) is 5.69 Å². The second-order valence-electron chi connectivity index (χ2n) is 8.14. The molecule has 3 rings (SSSR count). The quantitative estimate of drug-likeness (QED) is 0.826. The number of nitrogens with zero attached hydrogens (tertiary/aromatic N) is 4. The van der Waals surface area contributed by atoms with Crippen molar-refractivity contribution in [1.29, 1.82) is 0 Å². The number of carbonyl (C=O) groups is 2. The predicted octanol–water partition coefficient (Wildman–Crippen LogP) is 3.28. The maximum Gasteiger partial charge on any atom is 0.311 e. The van der Waals surface area contributed by atoms with Gasteiger partial charge in [-0.05, 0) is 43.4 Å². The van der Waals surface area contributed by atoms with Crippen molar-refractivity contribution in [2.75, 3.05) is 13.1 Å². The molecule has 2 aromatic rings. The average molecular weight is 384 g/mol. The van der Waals surface area contributed by atoms with Gasteiger partial charge in [-0.15, -0.1) is 5.10 Å². The number of hydrogen-bond donors (Lipinski definition) is 1. The lowest BCUT2D eigenvalue weighted by Crippen LogP contribution is -2.35. The topological polar surface area (TPSA) is 88.3 Å². The Labute approximate surface area is 165 Å². The Kier molecular flexibility index (Phi) is 5.54. The van der Waals surface area contributed by atoms with Gasteiger partial charge < -0.3 is 10.0 Å². The molecule has 1 amide bonds. The second-order valence-corrected chi connectivity index (χ2v) is 8.14. The second kappa shape index (κ2) is 7.73. The summed E-state index contributed by atoms with van der Waals surface area (Å²) in [6.07, 6.45) is 1.97. The molecule has 1 saturated heterocycles.